The van der Waals surface area contributed by atoms with E-state index in [4.69, 9.17) is 13.9 Å². The molecule has 198 valence electrons. The molecule has 38 heavy (non-hydrogen) atoms. The van der Waals surface area contributed by atoms with Crippen LogP contribution in [0.1, 0.15) is 43.0 Å². The van der Waals surface area contributed by atoms with Gasteiger partial charge in [-0.1, -0.05) is 30.2 Å². The molecule has 0 aliphatic heterocycles. The van der Waals surface area contributed by atoms with Crippen LogP contribution in [0, 0.1) is 0 Å². The molecule has 0 spiro atoms. The van der Waals surface area contributed by atoms with Crippen LogP contribution in [-0.4, -0.2) is 52.0 Å². The second kappa shape index (κ2) is 11.4. The Balaban J connectivity index is 1.57. The zero-order valence-corrected chi connectivity index (χ0v) is 21.5. The van der Waals surface area contributed by atoms with Crippen LogP contribution in [-0.2, 0) is 22.7 Å². The van der Waals surface area contributed by atoms with Crippen LogP contribution < -0.4 is 14.8 Å². The lowest BCUT2D eigenvalue weighted by Crippen LogP contribution is -2.46. The number of hydrogen-bond donors (Lipinski definition) is 1. The van der Waals surface area contributed by atoms with Gasteiger partial charge in [-0.25, -0.2) is 4.68 Å². The number of furan rings is 1. The largest absolute Gasteiger partial charge is 0.497 e. The number of ether oxygens (including phenoxy) is 2. The first-order valence-corrected chi connectivity index (χ1v) is 12.7. The Kier molecular flexibility index (Phi) is 7.57. The zero-order chi connectivity index (χ0) is 26.5. The van der Waals surface area contributed by atoms with Crippen molar-refractivity contribution in [2.75, 3.05) is 14.2 Å². The first-order valence-electron chi connectivity index (χ1n) is 12.7. The summed E-state index contributed by atoms with van der Waals surface area (Å²) >= 11 is 0. The normalized spacial score (nSPS) is 14.4. The summed E-state index contributed by atoms with van der Waals surface area (Å²) in [5.74, 6) is 0.954. The van der Waals surface area contributed by atoms with E-state index < -0.39 is 6.04 Å². The van der Waals surface area contributed by atoms with Gasteiger partial charge in [0.1, 0.15) is 35.4 Å². The molecule has 0 unspecified atom stereocenters. The molecule has 5 rings (SSSR count). The average Bonchev–Trinajstić information content (AvgIpc) is 3.72. The molecule has 0 radical (unpaired) electrons. The van der Waals surface area contributed by atoms with Crippen molar-refractivity contribution in [2.45, 2.75) is 50.9 Å². The van der Waals surface area contributed by atoms with Gasteiger partial charge in [0.2, 0.25) is 11.8 Å². The summed E-state index contributed by atoms with van der Waals surface area (Å²) in [6.07, 6.45) is 5.48. The van der Waals surface area contributed by atoms with E-state index in [1.807, 2.05) is 24.3 Å². The smallest absolute Gasteiger partial charge is 0.247 e. The second-order valence-electron chi connectivity index (χ2n) is 9.34. The lowest BCUT2D eigenvalue weighted by molar-refractivity contribution is -0.142. The predicted molar refractivity (Wildman–Crippen MR) is 139 cm³/mol. The molecule has 2 aromatic heterocycles. The number of hydrogen-bond acceptors (Lipinski definition) is 7. The molecular weight excluding hydrogens is 486 g/mol. The molecule has 10 heteroatoms. The fourth-order valence-corrected chi connectivity index (χ4v) is 5.00. The molecule has 0 bridgehead atoms. The van der Waals surface area contributed by atoms with Gasteiger partial charge in [-0.2, -0.15) is 0 Å². The van der Waals surface area contributed by atoms with E-state index in [1.165, 1.54) is 12.0 Å². The number of carbonyl (C=O) groups excluding carboxylic acids is 2. The van der Waals surface area contributed by atoms with Gasteiger partial charge in [0.05, 0.1) is 32.5 Å². The van der Waals surface area contributed by atoms with Gasteiger partial charge >= 0.3 is 0 Å². The molecule has 1 saturated carbocycles. The van der Waals surface area contributed by atoms with E-state index in [0.717, 1.165) is 31.2 Å². The Morgan fingerprint density at radius 2 is 1.92 bits per heavy atom. The van der Waals surface area contributed by atoms with E-state index in [2.05, 4.69) is 15.6 Å². The van der Waals surface area contributed by atoms with Gasteiger partial charge in [-0.15, -0.1) is 5.10 Å². The van der Waals surface area contributed by atoms with Gasteiger partial charge in [0, 0.05) is 11.6 Å². The minimum Gasteiger partial charge on any atom is -0.497 e. The Morgan fingerprint density at radius 1 is 1.11 bits per heavy atom. The van der Waals surface area contributed by atoms with Crippen molar-refractivity contribution in [3.05, 3.63) is 72.2 Å². The third-order valence-electron chi connectivity index (χ3n) is 6.92. The summed E-state index contributed by atoms with van der Waals surface area (Å²) in [4.78, 5) is 29.5. The Bertz CT molecular complexity index is 1390. The van der Waals surface area contributed by atoms with Crippen molar-refractivity contribution < 1.29 is 23.5 Å². The van der Waals surface area contributed by atoms with Gasteiger partial charge in [-0.3, -0.25) is 9.59 Å². The summed E-state index contributed by atoms with van der Waals surface area (Å²) in [6.45, 7) is -0.0394. The number of carbonyl (C=O) groups is 2. The molecule has 4 aromatic rings. The third kappa shape index (κ3) is 5.34. The van der Waals surface area contributed by atoms with Crippen LogP contribution in [0.25, 0.3) is 11.0 Å². The SMILES string of the molecule is COc1ccc(OC)c([C@H](C(=O)NC2CCCC2)N(Cc2ccco2)C(=O)Cn2nnc3ccccc32)c1. The summed E-state index contributed by atoms with van der Waals surface area (Å²) in [6, 6.07) is 15.2. The average molecular weight is 518 g/mol. The highest BCUT2D eigenvalue weighted by Crippen LogP contribution is 2.35. The standard InChI is InChI=1S/C28H31N5O5/c1-36-20-13-14-25(37-2)22(16-20)27(28(35)29-19-8-3-4-9-19)32(17-21-10-7-15-38-21)26(34)18-33-24-12-6-5-11-23(24)30-31-33/h5-7,10-16,19,27H,3-4,8-9,17-18H2,1-2H3,(H,29,35)/t27-/m1/s1. The summed E-state index contributed by atoms with van der Waals surface area (Å²) in [5, 5.41) is 11.5. The fourth-order valence-electron chi connectivity index (χ4n) is 5.00. The summed E-state index contributed by atoms with van der Waals surface area (Å²) < 4.78 is 18.3. The maximum Gasteiger partial charge on any atom is 0.247 e. The Labute approximate surface area is 220 Å². The lowest BCUT2D eigenvalue weighted by atomic mass is 10.0. The lowest BCUT2D eigenvalue weighted by Gasteiger charge is -2.32. The van der Waals surface area contributed by atoms with Crippen molar-refractivity contribution >= 4 is 22.8 Å². The molecule has 2 heterocycles. The van der Waals surface area contributed by atoms with Gasteiger partial charge in [0.25, 0.3) is 0 Å². The van der Waals surface area contributed by atoms with Crippen LogP contribution in [0.5, 0.6) is 11.5 Å². The van der Waals surface area contributed by atoms with Crippen molar-refractivity contribution in [3.63, 3.8) is 0 Å². The van der Waals surface area contributed by atoms with Crippen molar-refractivity contribution in [1.29, 1.82) is 0 Å². The molecule has 1 aliphatic carbocycles. The quantitative estimate of drug-likeness (QED) is 0.340. The number of methoxy groups -OCH3 is 2. The molecular formula is C28H31N5O5. The van der Waals surface area contributed by atoms with Crippen LogP contribution in [0.15, 0.2) is 65.3 Å². The van der Waals surface area contributed by atoms with Crippen LogP contribution in [0.3, 0.4) is 0 Å². The minimum atomic E-state index is -1.01. The number of rotatable bonds is 10. The maximum absolute atomic E-state index is 14.0. The Morgan fingerprint density at radius 3 is 2.66 bits per heavy atom. The molecule has 10 nitrogen and oxygen atoms in total. The molecule has 1 N–H and O–H groups in total. The first-order chi connectivity index (χ1) is 18.6. The molecule has 0 saturated heterocycles. The number of aromatic nitrogens is 3. The topological polar surface area (TPSA) is 112 Å². The van der Waals surface area contributed by atoms with Gasteiger partial charge in [0.15, 0.2) is 0 Å². The first kappa shape index (κ1) is 25.3. The van der Waals surface area contributed by atoms with E-state index in [9.17, 15) is 9.59 Å². The van der Waals surface area contributed by atoms with Crippen molar-refractivity contribution in [1.82, 2.24) is 25.2 Å². The summed E-state index contributed by atoms with van der Waals surface area (Å²) in [7, 11) is 3.10. The zero-order valence-electron chi connectivity index (χ0n) is 21.5. The number of nitrogens with one attached hydrogen (secondary N) is 1. The van der Waals surface area contributed by atoms with Crippen molar-refractivity contribution in [2.24, 2.45) is 0 Å². The van der Waals surface area contributed by atoms with Crippen LogP contribution in [0.4, 0.5) is 0 Å². The van der Waals surface area contributed by atoms with E-state index >= 15 is 0 Å². The number of benzene rings is 2. The maximum atomic E-state index is 14.0. The van der Waals surface area contributed by atoms with Crippen LogP contribution >= 0.6 is 0 Å². The fraction of sp³-hybridized carbons (Fsp3) is 0.357. The molecule has 1 atom stereocenters. The van der Waals surface area contributed by atoms with E-state index in [0.29, 0.717) is 28.3 Å². The Hall–Kier alpha value is -4.34. The number of amides is 2. The third-order valence-corrected chi connectivity index (χ3v) is 6.92. The number of fused-ring (bicyclic) bond motifs is 1. The highest BCUT2D eigenvalue weighted by molar-refractivity contribution is 5.90. The molecule has 1 aliphatic rings. The highest BCUT2D eigenvalue weighted by atomic mass is 16.5. The molecule has 1 fully saturated rings. The molecule has 2 amide bonds. The van der Waals surface area contributed by atoms with Crippen LogP contribution in [0.2, 0.25) is 0 Å². The monoisotopic (exact) mass is 517 g/mol. The minimum absolute atomic E-state index is 0.0569. The van der Waals surface area contributed by atoms with E-state index in [-0.39, 0.29) is 30.9 Å². The van der Waals surface area contributed by atoms with E-state index in [1.54, 1.807) is 48.4 Å². The number of para-hydroxylation sites is 1. The van der Waals surface area contributed by atoms with Crippen molar-refractivity contribution in [3.8, 4) is 11.5 Å². The second-order valence-corrected chi connectivity index (χ2v) is 9.34. The molecule has 2 aromatic carbocycles. The van der Waals surface area contributed by atoms with Gasteiger partial charge < -0.3 is 24.1 Å². The van der Waals surface area contributed by atoms with Gasteiger partial charge in [-0.05, 0) is 55.3 Å². The highest BCUT2D eigenvalue weighted by Gasteiger charge is 2.36. The predicted octanol–water partition coefficient (Wildman–Crippen LogP) is 3.87. The number of nitrogens with zero attached hydrogens (tertiary/aromatic N) is 4. The summed E-state index contributed by atoms with van der Waals surface area (Å²) in [5.41, 5.74) is 1.93.